The van der Waals surface area contributed by atoms with E-state index in [9.17, 15) is 14.4 Å². The molecule has 3 N–H and O–H groups in total. The number of rotatable bonds is 7. The average Bonchev–Trinajstić information content (AvgIpc) is 3.04. The van der Waals surface area contributed by atoms with Crippen molar-refractivity contribution in [3.05, 3.63) is 46.3 Å². The number of primary amides is 1. The zero-order valence-electron chi connectivity index (χ0n) is 14.7. The standard InChI is InChI=1S/C18H20N2O5S/c1-10-5-4-6-14(11(10)2)24-9-15(21)25-12(3)17(23)20-18-13(16(19)22)7-8-26-18/h4-8,12H,9H2,1-3H3,(H2,19,22)(H,20,23)/t12-/m1/s1. The number of hydrogen-bond acceptors (Lipinski definition) is 6. The van der Waals surface area contributed by atoms with Crippen LogP contribution < -0.4 is 15.8 Å². The lowest BCUT2D eigenvalue weighted by Gasteiger charge is -2.14. The first-order valence-corrected chi connectivity index (χ1v) is 8.74. The molecule has 1 atom stereocenters. The molecule has 26 heavy (non-hydrogen) atoms. The summed E-state index contributed by atoms with van der Waals surface area (Å²) in [6, 6.07) is 7.04. The van der Waals surface area contributed by atoms with Crippen molar-refractivity contribution < 1.29 is 23.9 Å². The molecule has 0 saturated heterocycles. The minimum absolute atomic E-state index is 0.208. The van der Waals surface area contributed by atoms with Crippen molar-refractivity contribution in [2.24, 2.45) is 5.73 Å². The third-order valence-electron chi connectivity index (χ3n) is 3.75. The normalized spacial score (nSPS) is 11.5. The van der Waals surface area contributed by atoms with Gasteiger partial charge in [0.15, 0.2) is 12.7 Å². The summed E-state index contributed by atoms with van der Waals surface area (Å²) >= 11 is 1.16. The van der Waals surface area contributed by atoms with Crippen molar-refractivity contribution in [1.29, 1.82) is 0 Å². The molecular formula is C18H20N2O5S. The fourth-order valence-corrected chi connectivity index (χ4v) is 2.91. The fourth-order valence-electron chi connectivity index (χ4n) is 2.12. The molecule has 0 spiro atoms. The van der Waals surface area contributed by atoms with Gasteiger partial charge in [0.05, 0.1) is 5.56 Å². The Labute approximate surface area is 155 Å². The van der Waals surface area contributed by atoms with Gasteiger partial charge in [0.25, 0.3) is 11.8 Å². The summed E-state index contributed by atoms with van der Waals surface area (Å²) in [4.78, 5) is 35.3. The van der Waals surface area contributed by atoms with E-state index in [1.807, 2.05) is 26.0 Å². The molecule has 7 nitrogen and oxygen atoms in total. The third-order valence-corrected chi connectivity index (χ3v) is 4.58. The van der Waals surface area contributed by atoms with Gasteiger partial charge in [0, 0.05) is 0 Å². The van der Waals surface area contributed by atoms with Crippen LogP contribution in [0.15, 0.2) is 29.6 Å². The third kappa shape index (κ3) is 4.82. The molecule has 138 valence electrons. The lowest BCUT2D eigenvalue weighted by atomic mass is 10.1. The lowest BCUT2D eigenvalue weighted by Crippen LogP contribution is -2.32. The number of nitrogens with one attached hydrogen (secondary N) is 1. The smallest absolute Gasteiger partial charge is 0.344 e. The zero-order valence-corrected chi connectivity index (χ0v) is 15.5. The maximum absolute atomic E-state index is 12.1. The summed E-state index contributed by atoms with van der Waals surface area (Å²) in [7, 11) is 0. The van der Waals surface area contributed by atoms with Gasteiger partial charge in [-0.3, -0.25) is 9.59 Å². The highest BCUT2D eigenvalue weighted by molar-refractivity contribution is 7.14. The SMILES string of the molecule is Cc1cccc(OCC(=O)O[C@H](C)C(=O)Nc2sccc2C(N)=O)c1C. The number of ether oxygens (including phenoxy) is 2. The number of aryl methyl sites for hydroxylation is 1. The minimum Gasteiger partial charge on any atom is -0.482 e. The Bertz CT molecular complexity index is 831. The molecule has 2 amide bonds. The van der Waals surface area contributed by atoms with Crippen molar-refractivity contribution in [3.63, 3.8) is 0 Å². The first-order chi connectivity index (χ1) is 12.3. The minimum atomic E-state index is -1.05. The number of amides is 2. The number of carbonyl (C=O) groups is 3. The van der Waals surface area contributed by atoms with E-state index in [0.717, 1.165) is 22.5 Å². The molecule has 0 bridgehead atoms. The van der Waals surface area contributed by atoms with Gasteiger partial charge in [-0.15, -0.1) is 11.3 Å². The van der Waals surface area contributed by atoms with Gasteiger partial charge in [-0.2, -0.15) is 0 Å². The number of anilines is 1. The van der Waals surface area contributed by atoms with Crippen molar-refractivity contribution in [2.45, 2.75) is 26.9 Å². The van der Waals surface area contributed by atoms with Gasteiger partial charge in [-0.05, 0) is 49.4 Å². The fraction of sp³-hybridized carbons (Fsp3) is 0.278. The second-order valence-corrected chi connectivity index (χ2v) is 6.55. The van der Waals surface area contributed by atoms with Gasteiger partial charge in [-0.1, -0.05) is 12.1 Å². The Morgan fingerprint density at radius 1 is 1.23 bits per heavy atom. The zero-order chi connectivity index (χ0) is 19.3. The molecule has 0 aliphatic heterocycles. The molecule has 2 aromatic rings. The van der Waals surface area contributed by atoms with Gasteiger partial charge in [0.2, 0.25) is 0 Å². The summed E-state index contributed by atoms with van der Waals surface area (Å²) in [5.74, 6) is -1.29. The van der Waals surface area contributed by atoms with E-state index in [4.69, 9.17) is 15.2 Å². The predicted molar refractivity (Wildman–Crippen MR) is 98.4 cm³/mol. The summed E-state index contributed by atoms with van der Waals surface area (Å²) in [5, 5.41) is 4.47. The van der Waals surface area contributed by atoms with Crippen LogP contribution >= 0.6 is 11.3 Å². The maximum atomic E-state index is 12.1. The molecule has 1 aromatic carbocycles. The number of hydrogen-bond donors (Lipinski definition) is 2. The molecule has 0 saturated carbocycles. The summed E-state index contributed by atoms with van der Waals surface area (Å²) < 4.78 is 10.5. The van der Waals surface area contributed by atoms with Crippen LogP contribution in [-0.4, -0.2) is 30.5 Å². The monoisotopic (exact) mass is 376 g/mol. The van der Waals surface area contributed by atoms with Crippen LogP contribution in [0.2, 0.25) is 0 Å². The van der Waals surface area contributed by atoms with Gasteiger partial charge in [-0.25, -0.2) is 4.79 Å². The topological polar surface area (TPSA) is 108 Å². The number of esters is 1. The molecule has 0 unspecified atom stereocenters. The van der Waals surface area contributed by atoms with Crippen LogP contribution in [-0.2, 0) is 14.3 Å². The molecule has 8 heteroatoms. The number of nitrogens with two attached hydrogens (primary N) is 1. The number of thiophene rings is 1. The molecule has 1 aromatic heterocycles. The Morgan fingerprint density at radius 2 is 1.96 bits per heavy atom. The maximum Gasteiger partial charge on any atom is 0.344 e. The van der Waals surface area contributed by atoms with Crippen LogP contribution in [0.25, 0.3) is 0 Å². The molecular weight excluding hydrogens is 356 g/mol. The van der Waals surface area contributed by atoms with Crippen LogP contribution in [0.3, 0.4) is 0 Å². The highest BCUT2D eigenvalue weighted by Gasteiger charge is 2.21. The van der Waals surface area contributed by atoms with E-state index in [1.165, 1.54) is 13.0 Å². The molecule has 0 aliphatic rings. The van der Waals surface area contributed by atoms with Crippen molar-refractivity contribution in [1.82, 2.24) is 0 Å². The largest absolute Gasteiger partial charge is 0.482 e. The van der Waals surface area contributed by atoms with Crippen LogP contribution in [0.4, 0.5) is 5.00 Å². The van der Waals surface area contributed by atoms with Gasteiger partial charge < -0.3 is 20.5 Å². The first-order valence-electron chi connectivity index (χ1n) is 7.86. The van der Waals surface area contributed by atoms with Crippen LogP contribution in [0.1, 0.15) is 28.4 Å². The first kappa shape index (κ1) is 19.5. The van der Waals surface area contributed by atoms with Crippen molar-refractivity contribution in [3.8, 4) is 5.75 Å². The average molecular weight is 376 g/mol. The highest BCUT2D eigenvalue weighted by atomic mass is 32.1. The van der Waals surface area contributed by atoms with Gasteiger partial charge >= 0.3 is 5.97 Å². The van der Waals surface area contributed by atoms with Crippen LogP contribution in [0, 0.1) is 13.8 Å². The second-order valence-electron chi connectivity index (χ2n) is 5.64. The predicted octanol–water partition coefficient (Wildman–Crippen LogP) is 2.41. The number of benzene rings is 1. The van der Waals surface area contributed by atoms with E-state index < -0.39 is 23.9 Å². The van der Waals surface area contributed by atoms with E-state index in [0.29, 0.717) is 10.8 Å². The van der Waals surface area contributed by atoms with E-state index >= 15 is 0 Å². The Hall–Kier alpha value is -2.87. The lowest BCUT2D eigenvalue weighted by molar-refractivity contribution is -0.155. The Kier molecular flexibility index (Phi) is 6.35. The number of carbonyl (C=O) groups excluding carboxylic acids is 3. The summed E-state index contributed by atoms with van der Waals surface area (Å²) in [5.41, 5.74) is 7.41. The highest BCUT2D eigenvalue weighted by Crippen LogP contribution is 2.23. The Morgan fingerprint density at radius 3 is 2.65 bits per heavy atom. The van der Waals surface area contributed by atoms with E-state index in [1.54, 1.807) is 11.4 Å². The molecule has 1 heterocycles. The van der Waals surface area contributed by atoms with Gasteiger partial charge in [0.1, 0.15) is 10.8 Å². The van der Waals surface area contributed by atoms with E-state index in [2.05, 4.69) is 5.32 Å². The Balaban J connectivity index is 1.88. The molecule has 2 rings (SSSR count). The molecule has 0 radical (unpaired) electrons. The van der Waals surface area contributed by atoms with Crippen molar-refractivity contribution in [2.75, 3.05) is 11.9 Å². The molecule has 0 aliphatic carbocycles. The second kappa shape index (κ2) is 8.48. The quantitative estimate of drug-likeness (QED) is 0.722. The van der Waals surface area contributed by atoms with Crippen molar-refractivity contribution >= 4 is 34.1 Å². The molecule has 0 fully saturated rings. The van der Waals surface area contributed by atoms with Crippen LogP contribution in [0.5, 0.6) is 5.75 Å². The summed E-state index contributed by atoms with van der Waals surface area (Å²) in [6.45, 7) is 4.96. The van der Waals surface area contributed by atoms with E-state index in [-0.39, 0.29) is 12.2 Å². The summed E-state index contributed by atoms with van der Waals surface area (Å²) in [6.07, 6.45) is -1.05.